The summed E-state index contributed by atoms with van der Waals surface area (Å²) in [4.78, 5) is 12.3. The normalized spacial score (nSPS) is 19.9. The van der Waals surface area contributed by atoms with Gasteiger partial charge in [-0.15, -0.1) is 0 Å². The molecule has 0 spiro atoms. The standard InChI is InChI=1S/C10H12NO2/c1-2-3-10(4-7-12)11-5-8-13-9-6-11/h4,10H,3,5-6,8-9H2. The van der Waals surface area contributed by atoms with Crippen molar-refractivity contribution >= 4 is 5.94 Å². The van der Waals surface area contributed by atoms with E-state index < -0.39 is 0 Å². The van der Waals surface area contributed by atoms with Gasteiger partial charge in [-0.3, -0.25) is 4.90 Å². The molecular weight excluding hydrogens is 166 g/mol. The Balaban J connectivity index is 2.52. The van der Waals surface area contributed by atoms with Crippen LogP contribution in [-0.2, 0) is 9.53 Å². The van der Waals surface area contributed by atoms with Crippen molar-refractivity contribution in [3.63, 3.8) is 0 Å². The number of morpholine rings is 1. The van der Waals surface area contributed by atoms with Crippen molar-refractivity contribution in [2.24, 2.45) is 0 Å². The number of nitrogens with zero attached hydrogens (tertiary/aromatic N) is 1. The third-order valence-corrected chi connectivity index (χ3v) is 2.09. The Hall–Kier alpha value is -1.07. The highest BCUT2D eigenvalue weighted by Gasteiger charge is 2.17. The van der Waals surface area contributed by atoms with Crippen LogP contribution in [0.5, 0.6) is 0 Å². The number of hydrogen-bond acceptors (Lipinski definition) is 3. The molecule has 0 saturated carbocycles. The zero-order valence-corrected chi connectivity index (χ0v) is 7.45. The highest BCUT2D eigenvalue weighted by atomic mass is 16.5. The molecule has 0 bridgehead atoms. The van der Waals surface area contributed by atoms with Gasteiger partial charge in [0.2, 0.25) is 0 Å². The van der Waals surface area contributed by atoms with Crippen molar-refractivity contribution in [1.29, 1.82) is 0 Å². The highest BCUT2D eigenvalue weighted by Crippen LogP contribution is 2.07. The molecule has 0 aromatic heterocycles. The summed E-state index contributed by atoms with van der Waals surface area (Å²) in [7, 11) is 0. The minimum atomic E-state index is -0.0288. The van der Waals surface area contributed by atoms with Crippen LogP contribution in [0.25, 0.3) is 0 Å². The Labute approximate surface area is 78.4 Å². The third-order valence-electron chi connectivity index (χ3n) is 2.09. The van der Waals surface area contributed by atoms with Crippen molar-refractivity contribution in [3.8, 4) is 5.92 Å². The Morgan fingerprint density at radius 2 is 2.23 bits per heavy atom. The quantitative estimate of drug-likeness (QED) is 0.452. The lowest BCUT2D eigenvalue weighted by Crippen LogP contribution is -2.42. The Morgan fingerprint density at radius 3 is 2.77 bits per heavy atom. The summed E-state index contributed by atoms with van der Waals surface area (Å²) in [6.07, 6.45) is 8.78. The molecule has 3 heteroatoms. The van der Waals surface area contributed by atoms with Gasteiger partial charge in [-0.25, -0.2) is 4.79 Å². The van der Waals surface area contributed by atoms with Crippen LogP contribution in [0.4, 0.5) is 0 Å². The molecule has 1 heterocycles. The molecule has 69 valence electrons. The number of hydrogen-bond donors (Lipinski definition) is 0. The first-order valence-electron chi connectivity index (χ1n) is 4.31. The predicted molar refractivity (Wildman–Crippen MR) is 48.2 cm³/mol. The van der Waals surface area contributed by atoms with Crippen molar-refractivity contribution in [1.82, 2.24) is 4.90 Å². The van der Waals surface area contributed by atoms with Gasteiger partial charge in [0, 0.05) is 31.6 Å². The molecule has 1 rings (SSSR count). The Kier molecular flexibility index (Phi) is 4.28. The van der Waals surface area contributed by atoms with E-state index in [4.69, 9.17) is 11.2 Å². The van der Waals surface area contributed by atoms with Crippen molar-refractivity contribution in [3.05, 3.63) is 12.5 Å². The van der Waals surface area contributed by atoms with E-state index in [1.807, 2.05) is 0 Å². The first kappa shape index (κ1) is 10.0. The zero-order chi connectivity index (χ0) is 9.52. The van der Waals surface area contributed by atoms with Gasteiger partial charge in [0.15, 0.2) is 0 Å². The van der Waals surface area contributed by atoms with Crippen LogP contribution in [0.3, 0.4) is 0 Å². The molecule has 1 fully saturated rings. The topological polar surface area (TPSA) is 29.5 Å². The van der Waals surface area contributed by atoms with Crippen molar-refractivity contribution in [2.75, 3.05) is 26.3 Å². The average Bonchev–Trinajstić information content (AvgIpc) is 2.19. The fourth-order valence-electron chi connectivity index (χ4n) is 1.39. The lowest BCUT2D eigenvalue weighted by molar-refractivity contribution is 0.0266. The van der Waals surface area contributed by atoms with Gasteiger partial charge in [-0.05, 0) is 6.42 Å². The smallest absolute Gasteiger partial charge is 0.121 e. The summed E-state index contributed by atoms with van der Waals surface area (Å²) in [5, 5.41) is 0. The molecule has 1 atom stereocenters. The van der Waals surface area contributed by atoms with Crippen LogP contribution >= 0.6 is 0 Å². The van der Waals surface area contributed by atoms with Gasteiger partial charge in [0.25, 0.3) is 0 Å². The van der Waals surface area contributed by atoms with Crippen LogP contribution < -0.4 is 0 Å². The maximum atomic E-state index is 10.2. The fraction of sp³-hybridized carbons (Fsp3) is 0.600. The fourth-order valence-corrected chi connectivity index (χ4v) is 1.39. The van der Waals surface area contributed by atoms with Crippen molar-refractivity contribution < 1.29 is 9.53 Å². The lowest BCUT2D eigenvalue weighted by Gasteiger charge is -2.31. The maximum Gasteiger partial charge on any atom is 0.121 e. The summed E-state index contributed by atoms with van der Waals surface area (Å²) < 4.78 is 5.18. The number of carbonyl (C=O) groups excluding carboxylic acids is 1. The largest absolute Gasteiger partial charge is 0.379 e. The minimum Gasteiger partial charge on any atom is -0.379 e. The predicted octanol–water partition coefficient (Wildman–Crippen LogP) is 0.0549. The summed E-state index contributed by atoms with van der Waals surface area (Å²) in [6, 6.07) is -0.0288. The zero-order valence-electron chi connectivity index (χ0n) is 7.45. The van der Waals surface area contributed by atoms with Crippen LogP contribution in [0, 0.1) is 12.3 Å². The molecule has 1 aliphatic heterocycles. The van der Waals surface area contributed by atoms with Crippen LogP contribution in [0.1, 0.15) is 6.42 Å². The van der Waals surface area contributed by atoms with Crippen LogP contribution in [0.2, 0.25) is 0 Å². The summed E-state index contributed by atoms with van der Waals surface area (Å²) in [6.45, 7) is 3.01. The first-order chi connectivity index (χ1) is 6.38. The molecule has 13 heavy (non-hydrogen) atoms. The Bertz CT molecular complexity index is 232. The molecule has 0 aromatic rings. The first-order valence-corrected chi connectivity index (χ1v) is 4.31. The average molecular weight is 178 g/mol. The van der Waals surface area contributed by atoms with E-state index in [1.165, 1.54) is 6.08 Å². The van der Waals surface area contributed by atoms with Crippen molar-refractivity contribution in [2.45, 2.75) is 12.5 Å². The maximum absolute atomic E-state index is 10.2. The molecule has 0 aromatic carbocycles. The molecule has 1 unspecified atom stereocenters. The second-order valence-corrected chi connectivity index (χ2v) is 2.88. The second kappa shape index (κ2) is 5.55. The van der Waals surface area contributed by atoms with Gasteiger partial charge in [-0.1, -0.05) is 5.92 Å². The van der Waals surface area contributed by atoms with Gasteiger partial charge >= 0.3 is 0 Å². The molecule has 1 radical (unpaired) electrons. The highest BCUT2D eigenvalue weighted by molar-refractivity contribution is 5.46. The summed E-state index contributed by atoms with van der Waals surface area (Å²) in [5.41, 5.74) is 0. The van der Waals surface area contributed by atoms with Crippen LogP contribution in [-0.4, -0.2) is 43.2 Å². The molecule has 3 nitrogen and oxygen atoms in total. The number of ether oxygens (including phenoxy) is 1. The number of rotatable bonds is 3. The summed E-state index contributed by atoms with van der Waals surface area (Å²) in [5.74, 6) is 4.08. The molecule has 0 aliphatic carbocycles. The van der Waals surface area contributed by atoms with Gasteiger partial charge in [-0.2, -0.15) is 0 Å². The SMILES string of the molecule is [C]#CCC(C=C=O)N1CCOCC1. The molecule has 1 saturated heterocycles. The van der Waals surface area contributed by atoms with E-state index in [1.54, 1.807) is 5.94 Å². The molecule has 0 N–H and O–H groups in total. The minimum absolute atomic E-state index is 0.0288. The van der Waals surface area contributed by atoms with Gasteiger partial charge in [0.1, 0.15) is 5.94 Å². The van der Waals surface area contributed by atoms with Crippen LogP contribution in [0.15, 0.2) is 6.08 Å². The van der Waals surface area contributed by atoms with E-state index >= 15 is 0 Å². The summed E-state index contributed by atoms with van der Waals surface area (Å²) >= 11 is 0. The Morgan fingerprint density at radius 1 is 1.54 bits per heavy atom. The monoisotopic (exact) mass is 178 g/mol. The van der Waals surface area contributed by atoms with E-state index in [2.05, 4.69) is 10.8 Å². The van der Waals surface area contributed by atoms with E-state index in [-0.39, 0.29) is 6.04 Å². The van der Waals surface area contributed by atoms with E-state index in [0.29, 0.717) is 19.6 Å². The molecular formula is C10H12NO2. The van der Waals surface area contributed by atoms with E-state index in [0.717, 1.165) is 13.1 Å². The molecule has 0 amide bonds. The van der Waals surface area contributed by atoms with Gasteiger partial charge in [0.05, 0.1) is 13.2 Å². The third kappa shape index (κ3) is 3.04. The van der Waals surface area contributed by atoms with E-state index in [9.17, 15) is 4.79 Å². The lowest BCUT2D eigenvalue weighted by atomic mass is 10.1. The molecule has 1 aliphatic rings. The second-order valence-electron chi connectivity index (χ2n) is 2.88. The van der Waals surface area contributed by atoms with Gasteiger partial charge < -0.3 is 4.74 Å².